The lowest BCUT2D eigenvalue weighted by atomic mass is 9.84. The van der Waals surface area contributed by atoms with Gasteiger partial charge in [0.1, 0.15) is 0 Å². The van der Waals surface area contributed by atoms with E-state index < -0.39 is 18.1 Å². The normalized spacial score (nSPS) is 17.7. The molecular weight excluding hydrogens is 341 g/mol. The fourth-order valence-electron chi connectivity index (χ4n) is 2.91. The van der Waals surface area contributed by atoms with Gasteiger partial charge in [-0.05, 0) is 54.5 Å². The van der Waals surface area contributed by atoms with Crippen molar-refractivity contribution in [3.63, 3.8) is 0 Å². The number of rotatable bonds is 4. The minimum Gasteiger partial charge on any atom is -0.478 e. The third kappa shape index (κ3) is 5.35. The number of hydrogen-bond donors (Lipinski definition) is 1. The Balaban J connectivity index is 0.00000163. The van der Waals surface area contributed by atoms with Crippen LogP contribution >= 0.6 is 0 Å². The van der Waals surface area contributed by atoms with Crippen LogP contribution in [0, 0.1) is 12.8 Å². The van der Waals surface area contributed by atoms with E-state index in [2.05, 4.69) is 6.58 Å². The first-order valence-electron chi connectivity index (χ1n) is 8.67. The molecule has 0 bridgehead atoms. The molecule has 0 saturated carbocycles. The first-order valence-corrected chi connectivity index (χ1v) is 8.67. The van der Waals surface area contributed by atoms with Crippen LogP contribution in [0.25, 0.3) is 11.6 Å². The Morgan fingerprint density at radius 3 is 2.42 bits per heavy atom. The van der Waals surface area contributed by atoms with Gasteiger partial charge in [0.05, 0.1) is 11.5 Å². The van der Waals surface area contributed by atoms with Crippen LogP contribution in [0.1, 0.15) is 49.8 Å². The Morgan fingerprint density at radius 2 is 1.96 bits per heavy atom. The molecule has 1 aromatic rings. The first-order chi connectivity index (χ1) is 12.2. The van der Waals surface area contributed by atoms with E-state index in [1.54, 1.807) is 18.2 Å². The van der Waals surface area contributed by atoms with Gasteiger partial charge in [0.25, 0.3) is 0 Å². The number of hydrogen-bond acceptors (Lipinski definition) is 1. The number of alkyl halides is 3. The molecule has 0 fully saturated rings. The maximum absolute atomic E-state index is 12.8. The zero-order chi connectivity index (χ0) is 19.9. The van der Waals surface area contributed by atoms with Gasteiger partial charge in [0, 0.05) is 0 Å². The molecule has 0 heterocycles. The smallest absolute Gasteiger partial charge is 0.392 e. The van der Waals surface area contributed by atoms with Gasteiger partial charge in [0.15, 0.2) is 0 Å². The van der Waals surface area contributed by atoms with Gasteiger partial charge < -0.3 is 5.11 Å². The number of aliphatic carboxylic acids is 1. The summed E-state index contributed by atoms with van der Waals surface area (Å²) in [5.41, 5.74) is 3.42. The van der Waals surface area contributed by atoms with E-state index >= 15 is 0 Å². The van der Waals surface area contributed by atoms with Crippen molar-refractivity contribution < 1.29 is 23.1 Å². The van der Waals surface area contributed by atoms with Gasteiger partial charge in [-0.2, -0.15) is 13.2 Å². The van der Waals surface area contributed by atoms with Crippen LogP contribution in [0.4, 0.5) is 13.2 Å². The molecule has 0 spiro atoms. The van der Waals surface area contributed by atoms with Crippen LogP contribution in [0.15, 0.2) is 42.5 Å². The molecule has 2 nitrogen and oxygen atoms in total. The Bertz CT molecular complexity index is 712. The summed E-state index contributed by atoms with van der Waals surface area (Å²) in [6.45, 7) is 9.33. The van der Waals surface area contributed by atoms with Crippen molar-refractivity contribution in [3.8, 4) is 0 Å². The van der Waals surface area contributed by atoms with Gasteiger partial charge in [0.2, 0.25) is 0 Å². The van der Waals surface area contributed by atoms with Crippen LogP contribution in [0.3, 0.4) is 0 Å². The zero-order valence-corrected chi connectivity index (χ0v) is 15.4. The molecule has 1 aliphatic carbocycles. The number of allylic oxidation sites excluding steroid dienone is 2. The molecule has 26 heavy (non-hydrogen) atoms. The number of carbonyl (C=O) groups is 1. The first kappa shape index (κ1) is 21.7. The van der Waals surface area contributed by atoms with Gasteiger partial charge in [-0.1, -0.05) is 50.8 Å². The highest BCUT2D eigenvalue weighted by molar-refractivity contribution is 5.95. The van der Waals surface area contributed by atoms with E-state index in [9.17, 15) is 18.0 Å². The van der Waals surface area contributed by atoms with Crippen molar-refractivity contribution in [2.45, 2.75) is 46.2 Å². The highest BCUT2D eigenvalue weighted by Gasteiger charge is 2.39. The largest absolute Gasteiger partial charge is 0.478 e. The predicted molar refractivity (Wildman–Crippen MR) is 99.7 cm³/mol. The third-order valence-corrected chi connectivity index (χ3v) is 4.37. The monoisotopic (exact) mass is 366 g/mol. The summed E-state index contributed by atoms with van der Waals surface area (Å²) in [7, 11) is 0. The van der Waals surface area contributed by atoms with Gasteiger partial charge in [-0.15, -0.1) is 0 Å². The minimum atomic E-state index is -4.15. The molecule has 1 unspecified atom stereocenters. The third-order valence-electron chi connectivity index (χ3n) is 4.37. The topological polar surface area (TPSA) is 37.3 Å². The molecule has 2 rings (SSSR count). The highest BCUT2D eigenvalue weighted by Crippen LogP contribution is 2.40. The maximum atomic E-state index is 12.8. The van der Waals surface area contributed by atoms with Crippen molar-refractivity contribution in [3.05, 3.63) is 59.2 Å². The highest BCUT2D eigenvalue weighted by atomic mass is 19.4. The SMILES string of the molecule is C=C/C(=C\c1cccc(C2=CCC(C(F)(F)F)CC2)c1C)C(=O)O.CC. The summed E-state index contributed by atoms with van der Waals surface area (Å²) >= 11 is 0. The number of carboxylic acids is 1. The van der Waals surface area contributed by atoms with Crippen LogP contribution in [-0.2, 0) is 4.79 Å². The zero-order valence-electron chi connectivity index (χ0n) is 15.4. The minimum absolute atomic E-state index is 0.00856. The molecule has 0 radical (unpaired) electrons. The molecule has 0 amide bonds. The molecule has 0 aliphatic heterocycles. The second-order valence-corrected chi connectivity index (χ2v) is 5.87. The van der Waals surface area contributed by atoms with Crippen LogP contribution in [-0.4, -0.2) is 17.3 Å². The molecule has 1 N–H and O–H groups in total. The molecule has 1 aliphatic rings. The van der Waals surface area contributed by atoms with Crippen molar-refractivity contribution in [2.24, 2.45) is 5.92 Å². The summed E-state index contributed by atoms with van der Waals surface area (Å²) in [6, 6.07) is 5.43. The lowest BCUT2D eigenvalue weighted by Crippen LogP contribution is -2.24. The lowest BCUT2D eigenvalue weighted by Gasteiger charge is -2.25. The number of halogens is 3. The predicted octanol–water partition coefficient (Wildman–Crippen LogP) is 6.42. The van der Waals surface area contributed by atoms with Gasteiger partial charge >= 0.3 is 12.1 Å². The van der Waals surface area contributed by atoms with E-state index in [1.165, 1.54) is 12.2 Å². The van der Waals surface area contributed by atoms with E-state index in [0.29, 0.717) is 6.42 Å². The second-order valence-electron chi connectivity index (χ2n) is 5.87. The Labute approximate surface area is 152 Å². The van der Waals surface area contributed by atoms with Crippen molar-refractivity contribution in [1.82, 2.24) is 0 Å². The molecule has 0 aromatic heterocycles. The lowest BCUT2D eigenvalue weighted by molar-refractivity contribution is -0.175. The van der Waals surface area contributed by atoms with Gasteiger partial charge in [-0.25, -0.2) is 4.79 Å². The summed E-state index contributed by atoms with van der Waals surface area (Å²) in [5, 5.41) is 9.09. The second kappa shape index (κ2) is 9.41. The molecular formula is C21H25F3O2. The average molecular weight is 366 g/mol. The molecule has 1 atom stereocenters. The van der Waals surface area contributed by atoms with Crippen molar-refractivity contribution >= 4 is 17.6 Å². The van der Waals surface area contributed by atoms with Crippen LogP contribution < -0.4 is 0 Å². The summed E-state index contributed by atoms with van der Waals surface area (Å²) in [5.74, 6) is -2.34. The Kier molecular flexibility index (Phi) is 7.87. The average Bonchev–Trinajstić information content (AvgIpc) is 2.61. The van der Waals surface area contributed by atoms with Crippen molar-refractivity contribution in [2.75, 3.05) is 0 Å². The standard InChI is InChI=1S/C19H19F3O2.C2H6/c1-3-13(18(23)24)11-15-5-4-6-17(12(15)2)14-7-9-16(10-8-14)19(20,21)22;1-2/h3-7,11,16H,1,8-10H2,2H3,(H,23,24);1-2H3/b13-11+;. The molecule has 0 saturated heterocycles. The van der Waals surface area contributed by atoms with Crippen molar-refractivity contribution in [1.29, 1.82) is 0 Å². The van der Waals surface area contributed by atoms with E-state index in [4.69, 9.17) is 5.11 Å². The summed E-state index contributed by atoms with van der Waals surface area (Å²) in [6.07, 6.45) is 0.738. The van der Waals surface area contributed by atoms with Crippen LogP contribution in [0.5, 0.6) is 0 Å². The number of benzene rings is 1. The fraction of sp³-hybridized carbons (Fsp3) is 0.381. The Hall–Kier alpha value is -2.30. The number of carboxylic acid groups (broad SMARTS) is 1. The molecule has 5 heteroatoms. The molecule has 1 aromatic carbocycles. The maximum Gasteiger partial charge on any atom is 0.392 e. The fourth-order valence-corrected chi connectivity index (χ4v) is 2.91. The van der Waals surface area contributed by atoms with E-state index in [-0.39, 0.29) is 18.4 Å². The quantitative estimate of drug-likeness (QED) is 0.493. The summed E-state index contributed by atoms with van der Waals surface area (Å²) < 4.78 is 38.3. The van der Waals surface area contributed by atoms with E-state index in [0.717, 1.165) is 22.3 Å². The van der Waals surface area contributed by atoms with Crippen LogP contribution in [0.2, 0.25) is 0 Å². The molecule has 142 valence electrons. The van der Waals surface area contributed by atoms with E-state index in [1.807, 2.05) is 26.8 Å². The van der Waals surface area contributed by atoms with Gasteiger partial charge in [-0.3, -0.25) is 0 Å². The Morgan fingerprint density at radius 1 is 1.31 bits per heavy atom. The summed E-state index contributed by atoms with van der Waals surface area (Å²) in [4.78, 5) is 11.1.